The van der Waals surface area contributed by atoms with Crippen LogP contribution in [0.15, 0.2) is 17.5 Å². The Labute approximate surface area is 91.9 Å². The second-order valence-corrected chi connectivity index (χ2v) is 4.54. The summed E-state index contributed by atoms with van der Waals surface area (Å²) in [4.78, 5) is 0. The van der Waals surface area contributed by atoms with Crippen molar-refractivity contribution < 1.29 is 4.39 Å². The molecule has 64 valence electrons. The molecule has 0 saturated heterocycles. The largest absolute Gasteiger partial charge is 0.205 e. The van der Waals surface area contributed by atoms with Crippen LogP contribution in [0.25, 0.3) is 10.1 Å². The topological polar surface area (TPSA) is 23.8 Å². The molecule has 2 rings (SSSR count). The van der Waals surface area contributed by atoms with Crippen molar-refractivity contribution in [2.45, 2.75) is 0 Å². The van der Waals surface area contributed by atoms with E-state index in [0.29, 0.717) is 0 Å². The van der Waals surface area contributed by atoms with Gasteiger partial charge in [0.15, 0.2) is 0 Å². The van der Waals surface area contributed by atoms with E-state index in [1.165, 1.54) is 17.4 Å². The molecule has 0 bridgehead atoms. The molecule has 0 saturated carbocycles. The average molecular weight is 303 g/mol. The van der Waals surface area contributed by atoms with Crippen LogP contribution in [0.4, 0.5) is 4.39 Å². The summed E-state index contributed by atoms with van der Waals surface area (Å²) in [5.74, 6) is -0.437. The fourth-order valence-electron chi connectivity index (χ4n) is 1.15. The van der Waals surface area contributed by atoms with Crippen LogP contribution in [0, 0.1) is 20.7 Å². The second kappa shape index (κ2) is 3.24. The van der Waals surface area contributed by atoms with E-state index >= 15 is 0 Å². The Morgan fingerprint density at radius 1 is 1.46 bits per heavy atom. The zero-order valence-electron chi connectivity index (χ0n) is 6.34. The van der Waals surface area contributed by atoms with Crippen molar-refractivity contribution >= 4 is 44.0 Å². The monoisotopic (exact) mass is 303 g/mol. The van der Waals surface area contributed by atoms with E-state index in [2.05, 4.69) is 22.6 Å². The van der Waals surface area contributed by atoms with Gasteiger partial charge in [-0.2, -0.15) is 5.26 Å². The van der Waals surface area contributed by atoms with Crippen molar-refractivity contribution in [1.82, 2.24) is 0 Å². The summed E-state index contributed by atoms with van der Waals surface area (Å²) in [7, 11) is 0. The molecule has 4 heteroatoms. The van der Waals surface area contributed by atoms with Gasteiger partial charge in [0.1, 0.15) is 17.4 Å². The number of hydrogen-bond acceptors (Lipinski definition) is 2. The summed E-state index contributed by atoms with van der Waals surface area (Å²) in [6, 6.07) is 4.94. The summed E-state index contributed by atoms with van der Waals surface area (Å²) >= 11 is 3.59. The van der Waals surface area contributed by atoms with E-state index in [1.54, 1.807) is 6.07 Å². The van der Waals surface area contributed by atoms with Gasteiger partial charge in [0, 0.05) is 14.3 Å². The fourth-order valence-corrected chi connectivity index (χ4v) is 3.08. The number of nitrogens with zero attached hydrogens (tertiary/aromatic N) is 1. The van der Waals surface area contributed by atoms with Crippen molar-refractivity contribution in [2.24, 2.45) is 0 Å². The number of nitriles is 1. The predicted octanol–water partition coefficient (Wildman–Crippen LogP) is 3.52. The number of hydrogen-bond donors (Lipinski definition) is 0. The zero-order valence-corrected chi connectivity index (χ0v) is 9.32. The zero-order chi connectivity index (χ0) is 9.42. The molecule has 0 radical (unpaired) electrons. The molecular weight excluding hydrogens is 300 g/mol. The Bertz CT molecular complexity index is 512. The van der Waals surface area contributed by atoms with Gasteiger partial charge in [0.25, 0.3) is 0 Å². The van der Waals surface area contributed by atoms with Crippen molar-refractivity contribution in [3.8, 4) is 6.07 Å². The van der Waals surface area contributed by atoms with Crippen LogP contribution < -0.4 is 0 Å². The first kappa shape index (κ1) is 8.91. The maximum Gasteiger partial charge on any atom is 0.142 e. The van der Waals surface area contributed by atoms with Crippen LogP contribution in [0.2, 0.25) is 0 Å². The highest BCUT2D eigenvalue weighted by Gasteiger charge is 2.10. The van der Waals surface area contributed by atoms with Crippen LogP contribution in [0.5, 0.6) is 0 Å². The summed E-state index contributed by atoms with van der Waals surface area (Å²) in [5.41, 5.74) is 0.158. The van der Waals surface area contributed by atoms with Crippen LogP contribution in [0.3, 0.4) is 0 Å². The number of rotatable bonds is 0. The smallest absolute Gasteiger partial charge is 0.142 e. The van der Waals surface area contributed by atoms with Gasteiger partial charge < -0.3 is 0 Å². The van der Waals surface area contributed by atoms with Crippen molar-refractivity contribution in [3.05, 3.63) is 32.5 Å². The molecule has 0 aliphatic carbocycles. The maximum atomic E-state index is 13.1. The summed E-state index contributed by atoms with van der Waals surface area (Å²) in [6.07, 6.45) is 0. The third kappa shape index (κ3) is 1.32. The minimum Gasteiger partial charge on any atom is -0.205 e. The lowest BCUT2D eigenvalue weighted by Gasteiger charge is -1.94. The molecule has 1 nitrogen and oxygen atoms in total. The first-order valence-electron chi connectivity index (χ1n) is 3.49. The predicted molar refractivity (Wildman–Crippen MR) is 59.2 cm³/mol. The molecule has 0 amide bonds. The van der Waals surface area contributed by atoms with Crippen molar-refractivity contribution in [2.75, 3.05) is 0 Å². The number of fused-ring (bicyclic) bond motifs is 1. The fraction of sp³-hybridized carbons (Fsp3) is 0. The highest BCUT2D eigenvalue weighted by atomic mass is 127. The van der Waals surface area contributed by atoms with Crippen LogP contribution >= 0.6 is 33.9 Å². The number of thiophene rings is 1. The minimum atomic E-state index is -0.437. The standard InChI is InChI=1S/C9H3FINS/c10-7-2-1-5-8(11)4-13-9(5)6(7)3-12/h1-2,4H. The SMILES string of the molecule is N#Cc1c(F)ccc2c(I)csc12. The molecule has 1 aromatic heterocycles. The Morgan fingerprint density at radius 3 is 2.92 bits per heavy atom. The molecule has 1 heterocycles. The van der Waals surface area contributed by atoms with E-state index < -0.39 is 5.82 Å². The van der Waals surface area contributed by atoms with Gasteiger partial charge in [-0.05, 0) is 34.7 Å². The molecule has 0 atom stereocenters. The summed E-state index contributed by atoms with van der Waals surface area (Å²) in [5, 5.41) is 11.6. The highest BCUT2D eigenvalue weighted by molar-refractivity contribution is 14.1. The van der Waals surface area contributed by atoms with Gasteiger partial charge in [-0.3, -0.25) is 0 Å². The molecule has 0 spiro atoms. The van der Waals surface area contributed by atoms with Crippen LogP contribution in [-0.4, -0.2) is 0 Å². The van der Waals surface area contributed by atoms with Gasteiger partial charge >= 0.3 is 0 Å². The molecular formula is C9H3FINS. The third-order valence-electron chi connectivity index (χ3n) is 1.76. The molecule has 0 N–H and O–H groups in total. The first-order chi connectivity index (χ1) is 6.24. The van der Waals surface area contributed by atoms with Gasteiger partial charge in [-0.1, -0.05) is 0 Å². The number of halogens is 2. The Balaban J connectivity index is 2.95. The maximum absolute atomic E-state index is 13.1. The Kier molecular flexibility index (Phi) is 2.22. The third-order valence-corrected chi connectivity index (χ3v) is 4.08. The van der Waals surface area contributed by atoms with Crippen LogP contribution in [-0.2, 0) is 0 Å². The normalized spacial score (nSPS) is 10.2. The quantitative estimate of drug-likeness (QED) is 0.683. The highest BCUT2D eigenvalue weighted by Crippen LogP contribution is 2.30. The minimum absolute atomic E-state index is 0.158. The van der Waals surface area contributed by atoms with E-state index in [9.17, 15) is 4.39 Å². The second-order valence-electron chi connectivity index (χ2n) is 2.49. The summed E-state index contributed by atoms with van der Waals surface area (Å²) in [6.45, 7) is 0. The lowest BCUT2D eigenvalue weighted by molar-refractivity contribution is 0.626. The lowest BCUT2D eigenvalue weighted by Crippen LogP contribution is -1.82. The van der Waals surface area contributed by atoms with Gasteiger partial charge in [-0.25, -0.2) is 4.39 Å². The molecule has 2 aromatic rings. The van der Waals surface area contributed by atoms with Crippen molar-refractivity contribution in [3.63, 3.8) is 0 Å². The number of benzene rings is 1. The first-order valence-corrected chi connectivity index (χ1v) is 5.45. The average Bonchev–Trinajstić information content (AvgIpc) is 2.48. The Morgan fingerprint density at radius 2 is 2.23 bits per heavy atom. The lowest BCUT2D eigenvalue weighted by atomic mass is 10.2. The summed E-state index contributed by atoms with van der Waals surface area (Å²) < 4.78 is 14.9. The van der Waals surface area contributed by atoms with Gasteiger partial charge in [0.2, 0.25) is 0 Å². The Hall–Kier alpha value is -0.670. The van der Waals surface area contributed by atoms with Gasteiger partial charge in [-0.15, -0.1) is 11.3 Å². The van der Waals surface area contributed by atoms with Crippen molar-refractivity contribution in [1.29, 1.82) is 5.26 Å². The molecule has 1 aromatic carbocycles. The van der Waals surface area contributed by atoms with Gasteiger partial charge in [0.05, 0.1) is 4.70 Å². The molecule has 0 aliphatic rings. The van der Waals surface area contributed by atoms with E-state index in [0.717, 1.165) is 13.7 Å². The molecule has 0 unspecified atom stereocenters. The molecule has 0 fully saturated rings. The van der Waals surface area contributed by atoms with E-state index in [-0.39, 0.29) is 5.56 Å². The van der Waals surface area contributed by atoms with E-state index in [1.807, 2.05) is 11.4 Å². The van der Waals surface area contributed by atoms with E-state index in [4.69, 9.17) is 5.26 Å². The van der Waals surface area contributed by atoms with Crippen LogP contribution in [0.1, 0.15) is 5.56 Å². The molecule has 0 aliphatic heterocycles. The molecule has 13 heavy (non-hydrogen) atoms.